The number of hydrazone groups is 1. The molecule has 0 atom stereocenters. The van der Waals surface area contributed by atoms with Crippen molar-refractivity contribution >= 4 is 28.1 Å². The van der Waals surface area contributed by atoms with Crippen LogP contribution in [0.15, 0.2) is 79.7 Å². The molecule has 2 aromatic heterocycles. The van der Waals surface area contributed by atoms with Crippen molar-refractivity contribution in [3.8, 4) is 11.3 Å². The zero-order valence-electron chi connectivity index (χ0n) is 14.9. The van der Waals surface area contributed by atoms with E-state index in [2.05, 4.69) is 19.9 Å². The topological polar surface area (TPSA) is 166 Å². The second-order valence-electron chi connectivity index (χ2n) is 5.65. The number of aromatic nitrogens is 1. The summed E-state index contributed by atoms with van der Waals surface area (Å²) in [6.45, 7) is 0. The SMILES string of the molecule is NC(N)=NS(=O)(=O)c1ccc(-c2ccc(/C=N\NC(=O)c3ccncc3)o2)cc1. The van der Waals surface area contributed by atoms with Crippen molar-refractivity contribution in [2.75, 3.05) is 0 Å². The summed E-state index contributed by atoms with van der Waals surface area (Å²) in [6, 6.07) is 12.3. The third-order valence-corrected chi connectivity index (χ3v) is 4.91. The van der Waals surface area contributed by atoms with Crippen LogP contribution in [0.5, 0.6) is 0 Å². The Balaban J connectivity index is 1.68. The van der Waals surface area contributed by atoms with Crippen molar-refractivity contribution in [1.82, 2.24) is 10.4 Å². The van der Waals surface area contributed by atoms with Gasteiger partial charge in [-0.25, -0.2) is 5.43 Å². The molecule has 0 aliphatic rings. The first kappa shape index (κ1) is 19.8. The first-order valence-corrected chi connectivity index (χ1v) is 9.59. The largest absolute Gasteiger partial charge is 0.455 e. The van der Waals surface area contributed by atoms with Gasteiger partial charge in [0, 0.05) is 23.5 Å². The summed E-state index contributed by atoms with van der Waals surface area (Å²) in [4.78, 5) is 15.7. The molecule has 3 aromatic rings. The van der Waals surface area contributed by atoms with Crippen molar-refractivity contribution in [2.24, 2.45) is 21.0 Å². The molecular weight excluding hydrogens is 396 g/mol. The van der Waals surface area contributed by atoms with E-state index in [9.17, 15) is 13.2 Å². The predicted octanol–water partition coefficient (Wildman–Crippen LogP) is 1.07. The minimum atomic E-state index is -3.95. The van der Waals surface area contributed by atoms with Crippen LogP contribution < -0.4 is 16.9 Å². The number of sulfonamides is 1. The summed E-state index contributed by atoms with van der Waals surface area (Å²) in [5.41, 5.74) is 13.7. The Morgan fingerprint density at radius 3 is 2.38 bits per heavy atom. The third kappa shape index (κ3) is 5.05. The van der Waals surface area contributed by atoms with Crippen molar-refractivity contribution < 1.29 is 17.6 Å². The van der Waals surface area contributed by atoms with E-state index in [0.717, 1.165) is 0 Å². The maximum absolute atomic E-state index is 11.9. The number of amides is 1. The maximum atomic E-state index is 11.9. The molecule has 0 bridgehead atoms. The van der Waals surface area contributed by atoms with Gasteiger partial charge in [-0.3, -0.25) is 9.78 Å². The van der Waals surface area contributed by atoms with E-state index in [1.165, 1.54) is 30.7 Å². The van der Waals surface area contributed by atoms with Crippen LogP contribution in [0.2, 0.25) is 0 Å². The predicted molar refractivity (Wildman–Crippen MR) is 106 cm³/mol. The first-order chi connectivity index (χ1) is 13.8. The number of guanidine groups is 1. The van der Waals surface area contributed by atoms with Gasteiger partial charge >= 0.3 is 0 Å². The van der Waals surface area contributed by atoms with Crippen molar-refractivity contribution in [1.29, 1.82) is 0 Å². The Bertz CT molecular complexity index is 1160. The number of furan rings is 1. The minimum absolute atomic E-state index is 0.0539. The van der Waals surface area contributed by atoms with Gasteiger partial charge in [0.1, 0.15) is 11.5 Å². The first-order valence-electron chi connectivity index (χ1n) is 8.15. The fraction of sp³-hybridized carbons (Fsp3) is 0. The molecule has 0 aliphatic heterocycles. The molecule has 10 nitrogen and oxygen atoms in total. The molecule has 1 amide bonds. The van der Waals surface area contributed by atoms with Gasteiger partial charge < -0.3 is 15.9 Å². The number of benzene rings is 1. The van der Waals surface area contributed by atoms with Gasteiger partial charge in [-0.15, -0.1) is 4.40 Å². The molecule has 3 rings (SSSR count). The smallest absolute Gasteiger partial charge is 0.285 e. The number of carbonyl (C=O) groups is 1. The Kier molecular flexibility index (Phi) is 5.69. The number of rotatable bonds is 6. The summed E-state index contributed by atoms with van der Waals surface area (Å²) in [7, 11) is -3.95. The molecule has 5 N–H and O–H groups in total. The van der Waals surface area contributed by atoms with E-state index in [4.69, 9.17) is 15.9 Å². The van der Waals surface area contributed by atoms with E-state index in [-0.39, 0.29) is 10.8 Å². The van der Waals surface area contributed by atoms with Crippen molar-refractivity contribution in [2.45, 2.75) is 4.90 Å². The molecule has 0 saturated heterocycles. The molecule has 148 valence electrons. The lowest BCUT2D eigenvalue weighted by Gasteiger charge is -2.01. The fourth-order valence-corrected chi connectivity index (χ4v) is 3.15. The van der Waals surface area contributed by atoms with Crippen LogP contribution in [-0.2, 0) is 10.0 Å². The van der Waals surface area contributed by atoms with Crippen LogP contribution in [0.25, 0.3) is 11.3 Å². The van der Waals surface area contributed by atoms with Crippen molar-refractivity contribution in [3.05, 3.63) is 72.2 Å². The fourth-order valence-electron chi connectivity index (χ4n) is 2.28. The van der Waals surface area contributed by atoms with Gasteiger partial charge in [0.2, 0.25) is 5.96 Å². The molecule has 0 aliphatic carbocycles. The Labute approximate surface area is 166 Å². The van der Waals surface area contributed by atoms with Gasteiger partial charge in [-0.05, 0) is 48.5 Å². The zero-order valence-corrected chi connectivity index (χ0v) is 15.7. The standard InChI is InChI=1S/C18H16N6O4S/c19-18(20)24-29(26,27)15-4-1-12(2-5-15)16-6-3-14(28-16)11-22-23-17(25)13-7-9-21-10-8-13/h1-11H,(H,23,25)(H4,19,20,24)/b22-11-. The Morgan fingerprint density at radius 2 is 1.72 bits per heavy atom. The Morgan fingerprint density at radius 1 is 1.03 bits per heavy atom. The van der Waals surface area contributed by atoms with Crippen LogP contribution in [-0.4, -0.2) is 31.5 Å². The molecule has 0 unspecified atom stereocenters. The third-order valence-electron chi connectivity index (χ3n) is 3.59. The minimum Gasteiger partial charge on any atom is -0.455 e. The van der Waals surface area contributed by atoms with Gasteiger partial charge in [0.15, 0.2) is 0 Å². The number of hydrogen-bond donors (Lipinski definition) is 3. The normalized spacial score (nSPS) is 11.3. The van der Waals surface area contributed by atoms with Crippen LogP contribution in [0, 0.1) is 0 Å². The number of nitrogens with one attached hydrogen (secondary N) is 1. The monoisotopic (exact) mass is 412 g/mol. The average molecular weight is 412 g/mol. The van der Waals surface area contributed by atoms with Crippen LogP contribution in [0.4, 0.5) is 0 Å². The Hall–Kier alpha value is -3.99. The number of carbonyl (C=O) groups excluding carboxylic acids is 1. The lowest BCUT2D eigenvalue weighted by Crippen LogP contribution is -2.24. The highest BCUT2D eigenvalue weighted by Crippen LogP contribution is 2.23. The van der Waals surface area contributed by atoms with Gasteiger partial charge in [-0.1, -0.05) is 0 Å². The molecule has 0 spiro atoms. The van der Waals surface area contributed by atoms with Crippen molar-refractivity contribution in [3.63, 3.8) is 0 Å². The van der Waals surface area contributed by atoms with E-state index >= 15 is 0 Å². The van der Waals surface area contributed by atoms with E-state index in [1.54, 1.807) is 36.4 Å². The summed E-state index contributed by atoms with van der Waals surface area (Å²) >= 11 is 0. The van der Waals surface area contributed by atoms with Crippen LogP contribution >= 0.6 is 0 Å². The van der Waals surface area contributed by atoms with Gasteiger partial charge in [0.05, 0.1) is 11.1 Å². The van der Waals surface area contributed by atoms with E-state index < -0.39 is 16.0 Å². The summed E-state index contributed by atoms with van der Waals surface area (Å²) in [5.74, 6) is -0.0435. The lowest BCUT2D eigenvalue weighted by atomic mass is 10.2. The number of nitrogens with two attached hydrogens (primary N) is 2. The van der Waals surface area contributed by atoms with E-state index in [1.807, 2.05) is 0 Å². The van der Waals surface area contributed by atoms with Crippen LogP contribution in [0.1, 0.15) is 16.1 Å². The molecule has 0 fully saturated rings. The number of nitrogens with zero attached hydrogens (tertiary/aromatic N) is 3. The molecular formula is C18H16N6O4S. The van der Waals surface area contributed by atoms with Gasteiger partial charge in [-0.2, -0.15) is 13.5 Å². The molecule has 11 heteroatoms. The average Bonchev–Trinajstić information content (AvgIpc) is 3.17. The number of pyridine rings is 1. The molecule has 0 saturated carbocycles. The summed E-state index contributed by atoms with van der Waals surface area (Å²) in [6.07, 6.45) is 4.36. The second kappa shape index (κ2) is 8.35. The summed E-state index contributed by atoms with van der Waals surface area (Å²) in [5, 5.41) is 3.84. The zero-order chi connectivity index (χ0) is 20.9. The van der Waals surface area contributed by atoms with Gasteiger partial charge in [0.25, 0.3) is 15.9 Å². The van der Waals surface area contributed by atoms with Crippen LogP contribution in [0.3, 0.4) is 0 Å². The van der Waals surface area contributed by atoms with E-state index in [0.29, 0.717) is 22.6 Å². The molecule has 29 heavy (non-hydrogen) atoms. The summed E-state index contributed by atoms with van der Waals surface area (Å²) < 4.78 is 32.7. The quantitative estimate of drug-likeness (QED) is 0.309. The molecule has 1 aromatic carbocycles. The highest BCUT2D eigenvalue weighted by molar-refractivity contribution is 7.90. The second-order valence-corrected chi connectivity index (χ2v) is 7.26. The highest BCUT2D eigenvalue weighted by atomic mass is 32.2. The molecule has 2 heterocycles. The maximum Gasteiger partial charge on any atom is 0.285 e. The number of hydrogen-bond acceptors (Lipinski definition) is 6. The lowest BCUT2D eigenvalue weighted by molar-refractivity contribution is 0.0955. The highest BCUT2D eigenvalue weighted by Gasteiger charge is 2.13. The molecule has 0 radical (unpaired) electrons.